The summed E-state index contributed by atoms with van der Waals surface area (Å²) in [7, 11) is 0. The second-order valence-corrected chi connectivity index (χ2v) is 34.7. The first-order chi connectivity index (χ1) is 57.3. The van der Waals surface area contributed by atoms with Crippen molar-refractivity contribution >= 4 is 70.7 Å². The van der Waals surface area contributed by atoms with Crippen LogP contribution in [0.4, 0.5) is 10.5 Å². The zero-order chi connectivity index (χ0) is 87.1. The molecule has 666 valence electrons. The van der Waals surface area contributed by atoms with Gasteiger partial charge in [-0.05, 0) is 166 Å². The Balaban J connectivity index is 0.799. The lowest BCUT2D eigenvalue weighted by Gasteiger charge is -2.56. The van der Waals surface area contributed by atoms with E-state index in [4.69, 9.17) is 39.9 Å². The highest BCUT2D eigenvalue weighted by Gasteiger charge is 2.59. The third kappa shape index (κ3) is 24.5. The fraction of sp³-hybridized carbons (Fsp3) is 0.690. The van der Waals surface area contributed by atoms with E-state index in [1.54, 1.807) is 19.9 Å². The number of hydrogen-bond acceptors (Lipinski definition) is 24. The van der Waals surface area contributed by atoms with Gasteiger partial charge >= 0.3 is 6.03 Å². The molecular formula is C87H131N11O22. The van der Waals surface area contributed by atoms with E-state index >= 15 is 4.79 Å². The van der Waals surface area contributed by atoms with Gasteiger partial charge in [0.2, 0.25) is 41.4 Å². The second kappa shape index (κ2) is 44.6. The summed E-state index contributed by atoms with van der Waals surface area (Å²) in [6.07, 6.45) is 5.72. The van der Waals surface area contributed by atoms with Crippen molar-refractivity contribution < 1.29 is 107 Å². The third-order valence-electron chi connectivity index (χ3n) is 25.9. The summed E-state index contributed by atoms with van der Waals surface area (Å²) in [5.41, 5.74) is 16.5. The first-order valence-electron chi connectivity index (χ1n) is 43.0. The maximum atomic E-state index is 15.0. The van der Waals surface area contributed by atoms with Gasteiger partial charge in [-0.2, -0.15) is 0 Å². The lowest BCUT2D eigenvalue weighted by atomic mass is 9.49. The van der Waals surface area contributed by atoms with Crippen LogP contribution in [0.1, 0.15) is 198 Å². The number of allylic oxidation sites excluding steroid dienone is 1. The Morgan fingerprint density at radius 2 is 1.21 bits per heavy atom. The molecule has 0 spiro atoms. The Morgan fingerprint density at radius 1 is 0.617 bits per heavy atom. The van der Waals surface area contributed by atoms with Gasteiger partial charge in [0, 0.05) is 55.4 Å². The highest BCUT2D eigenvalue weighted by atomic mass is 16.6. The number of primary amides is 1. The Kier molecular flexibility index (Phi) is 35.5. The van der Waals surface area contributed by atoms with E-state index in [-0.39, 0.29) is 164 Å². The molecule has 120 heavy (non-hydrogen) atoms. The van der Waals surface area contributed by atoms with Gasteiger partial charge in [0.25, 0.3) is 11.8 Å². The van der Waals surface area contributed by atoms with Crippen molar-refractivity contribution in [2.45, 2.75) is 255 Å². The summed E-state index contributed by atoms with van der Waals surface area (Å²) in [6.45, 7) is 13.8. The van der Waals surface area contributed by atoms with Crippen LogP contribution in [-0.2, 0) is 100 Å². The molecule has 9 rings (SSSR count). The van der Waals surface area contributed by atoms with Crippen LogP contribution in [0, 0.1) is 41.4 Å². The van der Waals surface area contributed by atoms with Crippen molar-refractivity contribution in [3.63, 3.8) is 0 Å². The van der Waals surface area contributed by atoms with Crippen LogP contribution in [0.2, 0.25) is 0 Å². The number of hydrogen-bond donors (Lipinski definition) is 15. The Hall–Kier alpha value is -8.35. The van der Waals surface area contributed by atoms with Crippen LogP contribution in [0.25, 0.3) is 0 Å². The number of urea groups is 1. The number of Topliss-reactive ketones (excluding diaryl/α,β-unsaturated/α-hetero) is 1. The first kappa shape index (κ1) is 95.5. The number of anilines is 1. The number of rotatable bonds is 44. The van der Waals surface area contributed by atoms with Crippen LogP contribution in [0.15, 0.2) is 59.9 Å². The number of fused-ring (bicyclic) bond motifs is 6. The van der Waals surface area contributed by atoms with Gasteiger partial charge in [0.1, 0.15) is 54.9 Å². The maximum absolute atomic E-state index is 15.0. The number of nitrogens with one attached hydrogen (secondary N) is 8. The predicted octanol–water partition coefficient (Wildman–Crippen LogP) is 3.00. The Morgan fingerprint density at radius 3 is 1.82 bits per heavy atom. The van der Waals surface area contributed by atoms with Crippen molar-refractivity contribution in [2.75, 3.05) is 97.6 Å². The lowest BCUT2D eigenvalue weighted by Crippen LogP contribution is -2.62. The molecule has 3 fully saturated rings. The van der Waals surface area contributed by atoms with Gasteiger partial charge < -0.3 is 103 Å². The van der Waals surface area contributed by atoms with Crippen LogP contribution in [-0.4, -0.2) is 243 Å². The number of ether oxygens (including phenoxy) is 6. The molecule has 0 radical (unpaired) electrons. The number of imide groups is 2. The zero-order valence-corrected chi connectivity index (χ0v) is 70.9. The number of carbonyl (C=O) groups excluding carboxylic acids is 11. The van der Waals surface area contributed by atoms with Gasteiger partial charge in [-0.25, -0.2) is 4.79 Å². The predicted molar refractivity (Wildman–Crippen MR) is 441 cm³/mol. The average molecular weight is 1680 g/mol. The van der Waals surface area contributed by atoms with Crippen molar-refractivity contribution in [3.05, 3.63) is 87.8 Å². The fourth-order valence-corrected chi connectivity index (χ4v) is 19.0. The van der Waals surface area contributed by atoms with Gasteiger partial charge in [0.15, 0.2) is 6.23 Å². The summed E-state index contributed by atoms with van der Waals surface area (Å²) < 4.78 is 34.0. The van der Waals surface area contributed by atoms with E-state index in [2.05, 4.69) is 88.4 Å². The summed E-state index contributed by atoms with van der Waals surface area (Å²) >= 11 is 0. The second-order valence-electron chi connectivity index (χ2n) is 34.7. The SMILES string of the molecule is Cc1ccc2c(c1)[C@@]1(C)CCC[C@](C)(C(=O)NC(=O)[C@@]3(C)CCC[C@]4(C)c5cc(NC(=O)[C@H](CO)NC(=O)[C@H](CCCNC(N)=O)NC(=O)[C@@H](NC(=O)[C@@H](CCCCNC(=O)COC6CCCCCC(N[C@@H]7O[C@H](CO)[C@H](O)[C@H](O)[C@H]7O)=C6N)CC(=O)CCOCCOCCOCCOCCN6C(=O)C=CC6=O)C(C)C)ccc5CC[C@@H]34)[C@@H]1CC2. The van der Waals surface area contributed by atoms with Gasteiger partial charge in [-0.1, -0.05) is 103 Å². The van der Waals surface area contributed by atoms with Gasteiger partial charge in [-0.3, -0.25) is 58.2 Å². The minimum absolute atomic E-state index is 0.00588. The van der Waals surface area contributed by atoms with E-state index in [9.17, 15) is 73.5 Å². The number of aliphatic hydroxyl groups is 5. The number of carbonyl (C=O) groups is 11. The summed E-state index contributed by atoms with van der Waals surface area (Å²) in [6, 6.07) is 7.14. The monoisotopic (exact) mass is 1680 g/mol. The molecule has 2 aliphatic heterocycles. The normalized spacial score (nSPS) is 26.9. The number of aliphatic hydroxyl groups excluding tert-OH is 5. The molecule has 2 heterocycles. The molecule has 2 saturated carbocycles. The average Bonchev–Trinajstić information content (AvgIpc) is 1.18. The largest absolute Gasteiger partial charge is 0.399 e. The summed E-state index contributed by atoms with van der Waals surface area (Å²) in [5, 5.41) is 74.4. The molecular weight excluding hydrogens is 1550 g/mol. The smallest absolute Gasteiger partial charge is 0.312 e. The van der Waals surface area contributed by atoms with E-state index in [1.807, 2.05) is 19.1 Å². The molecule has 7 aliphatic rings. The number of unbranched alkanes of at least 4 members (excludes halogenated alkanes) is 1. The number of nitrogens with two attached hydrogens (primary N) is 2. The van der Waals surface area contributed by atoms with E-state index in [0.29, 0.717) is 75.6 Å². The summed E-state index contributed by atoms with van der Waals surface area (Å²) in [5.74, 6) is -6.90. The molecule has 0 bridgehead atoms. The number of nitrogens with zero attached hydrogens (tertiary/aromatic N) is 1. The minimum atomic E-state index is -1.62. The molecule has 33 heteroatoms. The Labute approximate surface area is 703 Å². The van der Waals surface area contributed by atoms with Crippen molar-refractivity contribution in [1.82, 2.24) is 42.1 Å². The van der Waals surface area contributed by atoms with Crippen molar-refractivity contribution in [3.8, 4) is 0 Å². The van der Waals surface area contributed by atoms with Crippen molar-refractivity contribution in [1.29, 1.82) is 0 Å². The third-order valence-corrected chi connectivity index (χ3v) is 25.9. The van der Waals surface area contributed by atoms with Crippen LogP contribution >= 0.6 is 0 Å². The van der Waals surface area contributed by atoms with E-state index in [1.165, 1.54) is 28.8 Å². The molecule has 2 aromatic rings. The lowest BCUT2D eigenvalue weighted by molar-refractivity contribution is -0.234. The molecule has 1 unspecified atom stereocenters. The molecule has 16 atom stereocenters. The standard InChI is InChI=1S/C87H131N11O22/c1-52(2)72(96-76(108)56(47-58(101)30-38-115-40-42-117-44-45-118-43-41-116-39-37-98-69(103)28-29-70(98)104)16-11-12-35-90-68(102)51-119-64-19-10-8-9-17-61(71(64)88)95-80-75(107)74(106)73(105)65(50-100)120-80)79(111)93-62(18-13-36-91-83(89)114)77(109)94-63(49-99)78(110)92-57-25-22-55-24-27-67-85(5,60(55)48-57)32-15-34-87(67,7)82(113)97-81(112)86(6)33-14-31-84(4)59-46-53(3)20-21-54(59)23-26-66(84)86/h20-22,25,28-29,46,48,52,56,62-67,72-75,80,95,99-100,105-107H,8-19,23-24,26-27,30-45,47,49-51,88H2,1-7H3,(H,90,102)(H,92,110)(H,93,111)(H,94,109)(H,96,108)(H3,89,91,114)(H,97,112,113)/t56-,62-,63-,64?,65+,66+,67+,72-,73-,74-,75+,80+,84+,85+,86-,87-/m0/s1. The first-order valence-corrected chi connectivity index (χ1v) is 43.0. The summed E-state index contributed by atoms with van der Waals surface area (Å²) in [4.78, 5) is 151. The highest BCUT2D eigenvalue weighted by Crippen LogP contribution is 2.60. The van der Waals surface area contributed by atoms with Crippen LogP contribution < -0.4 is 54.0 Å². The van der Waals surface area contributed by atoms with Crippen LogP contribution in [0.5, 0.6) is 0 Å². The molecule has 11 amide bonds. The number of aryl methyl sites for hydroxylation is 3. The number of benzene rings is 2. The molecule has 33 nitrogen and oxygen atoms in total. The highest BCUT2D eigenvalue weighted by molar-refractivity contribution is 6.13. The molecule has 2 aromatic carbocycles. The number of ketones is 1. The quantitative estimate of drug-likeness (QED) is 0.0335. The molecule has 0 aromatic heterocycles. The maximum Gasteiger partial charge on any atom is 0.312 e. The van der Waals surface area contributed by atoms with Crippen LogP contribution in [0.3, 0.4) is 0 Å². The molecule has 17 N–H and O–H groups in total. The topological polar surface area (TPSA) is 496 Å². The molecule has 1 saturated heterocycles. The minimum Gasteiger partial charge on any atom is -0.399 e. The van der Waals surface area contributed by atoms with E-state index in [0.717, 1.165) is 61.0 Å². The van der Waals surface area contributed by atoms with Gasteiger partial charge in [0.05, 0.1) is 95.2 Å². The molecule has 5 aliphatic carbocycles. The van der Waals surface area contributed by atoms with Gasteiger partial charge in [-0.15, -0.1) is 0 Å². The van der Waals surface area contributed by atoms with E-state index < -0.39 is 132 Å². The zero-order valence-electron chi connectivity index (χ0n) is 70.9. The number of amides is 11. The Bertz CT molecular complexity index is 3950. The fourth-order valence-electron chi connectivity index (χ4n) is 19.0. The van der Waals surface area contributed by atoms with Crippen molar-refractivity contribution in [2.24, 2.45) is 46.0 Å².